The molecule has 0 aliphatic rings. The van der Waals surface area contributed by atoms with Gasteiger partial charge in [0.15, 0.2) is 0 Å². The van der Waals surface area contributed by atoms with Crippen molar-refractivity contribution < 1.29 is 4.55 Å². The molecule has 1 N–H and O–H groups in total. The molecule has 0 fully saturated rings. The maximum absolute atomic E-state index is 8.63. The zero-order chi connectivity index (χ0) is 7.56. The summed E-state index contributed by atoms with van der Waals surface area (Å²) in [6.07, 6.45) is 0. The molecule has 1 aromatic rings. The van der Waals surface area contributed by atoms with Crippen LogP contribution >= 0.6 is 23.6 Å². The molecule has 0 aromatic heterocycles. The quantitative estimate of drug-likeness (QED) is 0.660. The van der Waals surface area contributed by atoms with Gasteiger partial charge in [-0.3, -0.25) is 0 Å². The van der Waals surface area contributed by atoms with Crippen LogP contribution in [-0.2, 0) is 0 Å². The highest BCUT2D eigenvalue weighted by molar-refractivity contribution is 7.93. The van der Waals surface area contributed by atoms with Gasteiger partial charge in [0.2, 0.25) is 0 Å². The van der Waals surface area contributed by atoms with E-state index in [4.69, 9.17) is 16.2 Å². The van der Waals surface area contributed by atoms with Crippen LogP contribution in [0.1, 0.15) is 5.56 Å². The molecule has 0 amide bonds. The Labute approximate surface area is 69.2 Å². The first-order valence-electron chi connectivity index (χ1n) is 2.81. The topological polar surface area (TPSA) is 20.2 Å². The van der Waals surface area contributed by atoms with Gasteiger partial charge in [-0.25, -0.2) is 0 Å². The van der Waals surface area contributed by atoms with Crippen LogP contribution in [0.3, 0.4) is 0 Å². The fourth-order valence-corrected chi connectivity index (χ4v) is 1.15. The largest absolute Gasteiger partial charge is 0.325 e. The van der Waals surface area contributed by atoms with E-state index >= 15 is 0 Å². The molecule has 3 heteroatoms. The van der Waals surface area contributed by atoms with Gasteiger partial charge in [0, 0.05) is 22.0 Å². The van der Waals surface area contributed by atoms with E-state index in [0.717, 1.165) is 27.5 Å². The molecule has 0 atom stereocenters. The van der Waals surface area contributed by atoms with Gasteiger partial charge in [0.25, 0.3) is 0 Å². The number of halogens is 1. The summed E-state index contributed by atoms with van der Waals surface area (Å²) in [6.45, 7) is 1.90. The van der Waals surface area contributed by atoms with Gasteiger partial charge < -0.3 is 4.55 Å². The molecule has 1 nitrogen and oxygen atoms in total. The van der Waals surface area contributed by atoms with Crippen molar-refractivity contribution in [3.05, 3.63) is 28.8 Å². The lowest BCUT2D eigenvalue weighted by molar-refractivity contribution is 0.664. The fourth-order valence-electron chi connectivity index (χ4n) is 0.674. The minimum atomic E-state index is 0.733. The van der Waals surface area contributed by atoms with Gasteiger partial charge in [-0.1, -0.05) is 11.6 Å². The number of hydrogen-bond donors (Lipinski definition) is 1. The van der Waals surface area contributed by atoms with Crippen LogP contribution in [0.4, 0.5) is 0 Å². The minimum absolute atomic E-state index is 0.733. The Kier molecular flexibility index (Phi) is 2.60. The molecule has 54 valence electrons. The zero-order valence-electron chi connectivity index (χ0n) is 5.47. The van der Waals surface area contributed by atoms with Crippen LogP contribution in [0.5, 0.6) is 0 Å². The highest BCUT2D eigenvalue weighted by Gasteiger charge is 1.95. The molecular formula is C7H7ClOS. The van der Waals surface area contributed by atoms with Crippen LogP contribution in [0, 0.1) is 6.92 Å². The van der Waals surface area contributed by atoms with Crippen molar-refractivity contribution in [2.45, 2.75) is 11.8 Å². The van der Waals surface area contributed by atoms with E-state index in [-0.39, 0.29) is 0 Å². The highest BCUT2D eigenvalue weighted by atomic mass is 35.5. The Balaban J connectivity index is 3.04. The second-order valence-electron chi connectivity index (χ2n) is 2.00. The molecule has 0 bridgehead atoms. The molecule has 0 saturated carbocycles. The Hall–Kier alpha value is -0.180. The van der Waals surface area contributed by atoms with E-state index in [9.17, 15) is 0 Å². The molecule has 0 spiro atoms. The van der Waals surface area contributed by atoms with Crippen molar-refractivity contribution in [2.24, 2.45) is 0 Å². The van der Waals surface area contributed by atoms with Crippen molar-refractivity contribution >= 4 is 23.6 Å². The van der Waals surface area contributed by atoms with Crippen LogP contribution in [-0.4, -0.2) is 4.55 Å². The van der Waals surface area contributed by atoms with Crippen LogP contribution in [0.15, 0.2) is 23.1 Å². The maximum Gasteiger partial charge on any atom is 0.0435 e. The molecule has 1 aromatic carbocycles. The number of aryl methyl sites for hydroxylation is 1. The summed E-state index contributed by atoms with van der Waals surface area (Å²) in [5.74, 6) is 0. The average molecular weight is 175 g/mol. The van der Waals surface area contributed by atoms with Crippen LogP contribution in [0.2, 0.25) is 5.02 Å². The smallest absolute Gasteiger partial charge is 0.0435 e. The monoisotopic (exact) mass is 174 g/mol. The molecule has 0 aliphatic carbocycles. The maximum atomic E-state index is 8.63. The first kappa shape index (κ1) is 7.92. The summed E-state index contributed by atoms with van der Waals surface area (Å²) < 4.78 is 8.63. The molecular weight excluding hydrogens is 168 g/mol. The van der Waals surface area contributed by atoms with Crippen molar-refractivity contribution in [2.75, 3.05) is 0 Å². The third-order valence-corrected chi connectivity index (χ3v) is 2.12. The lowest BCUT2D eigenvalue weighted by atomic mass is 10.2. The number of benzene rings is 1. The van der Waals surface area contributed by atoms with E-state index in [2.05, 4.69) is 0 Å². The normalized spacial score (nSPS) is 9.90. The van der Waals surface area contributed by atoms with Gasteiger partial charge in [0.1, 0.15) is 0 Å². The first-order valence-corrected chi connectivity index (χ1v) is 3.97. The zero-order valence-corrected chi connectivity index (χ0v) is 7.04. The molecule has 10 heavy (non-hydrogen) atoms. The van der Waals surface area contributed by atoms with E-state index in [1.807, 2.05) is 13.0 Å². The van der Waals surface area contributed by atoms with Crippen LogP contribution < -0.4 is 0 Å². The Morgan fingerprint density at radius 3 is 2.70 bits per heavy atom. The first-order chi connectivity index (χ1) is 4.74. The molecule has 0 heterocycles. The van der Waals surface area contributed by atoms with Gasteiger partial charge in [0.05, 0.1) is 0 Å². The summed E-state index contributed by atoms with van der Waals surface area (Å²) in [5.41, 5.74) is 0.987. The molecule has 1 rings (SSSR count). The van der Waals surface area contributed by atoms with E-state index < -0.39 is 0 Å². The molecule has 0 radical (unpaired) electrons. The molecule has 0 unspecified atom stereocenters. The van der Waals surface area contributed by atoms with Gasteiger partial charge >= 0.3 is 0 Å². The molecule has 0 saturated heterocycles. The van der Waals surface area contributed by atoms with Crippen molar-refractivity contribution in [1.29, 1.82) is 0 Å². The van der Waals surface area contributed by atoms with Gasteiger partial charge in [-0.15, -0.1) is 0 Å². The third kappa shape index (κ3) is 1.66. The third-order valence-electron chi connectivity index (χ3n) is 1.23. The lowest BCUT2D eigenvalue weighted by Crippen LogP contribution is -1.75. The lowest BCUT2D eigenvalue weighted by Gasteiger charge is -1.97. The minimum Gasteiger partial charge on any atom is -0.325 e. The van der Waals surface area contributed by atoms with Crippen molar-refractivity contribution in [1.82, 2.24) is 0 Å². The predicted molar refractivity (Wildman–Crippen MR) is 44.7 cm³/mol. The summed E-state index contributed by atoms with van der Waals surface area (Å²) in [5, 5.41) is 0.734. The van der Waals surface area contributed by atoms with Crippen molar-refractivity contribution in [3.63, 3.8) is 0 Å². The Bertz CT molecular complexity index is 237. The standard InChI is InChI=1S/C7H7ClOS/c1-5-4-6(10-9)2-3-7(5)8/h2-4,9H,1H3. The summed E-state index contributed by atoms with van der Waals surface area (Å²) in [6, 6.07) is 5.39. The highest BCUT2D eigenvalue weighted by Crippen LogP contribution is 2.21. The van der Waals surface area contributed by atoms with Gasteiger partial charge in [-0.05, 0) is 30.7 Å². The summed E-state index contributed by atoms with van der Waals surface area (Å²) in [4.78, 5) is 0.821. The number of hydrogen-bond acceptors (Lipinski definition) is 2. The second-order valence-corrected chi connectivity index (χ2v) is 3.06. The SMILES string of the molecule is Cc1cc(SO)ccc1Cl. The van der Waals surface area contributed by atoms with Crippen LogP contribution in [0.25, 0.3) is 0 Å². The van der Waals surface area contributed by atoms with E-state index in [1.54, 1.807) is 12.1 Å². The van der Waals surface area contributed by atoms with E-state index in [0.29, 0.717) is 0 Å². The second kappa shape index (κ2) is 3.28. The summed E-state index contributed by atoms with van der Waals surface area (Å²) >= 11 is 6.48. The van der Waals surface area contributed by atoms with E-state index in [1.165, 1.54) is 0 Å². The predicted octanol–water partition coefficient (Wildman–Crippen LogP) is 3.21. The fraction of sp³-hybridized carbons (Fsp3) is 0.143. The van der Waals surface area contributed by atoms with Gasteiger partial charge in [-0.2, -0.15) is 0 Å². The Morgan fingerprint density at radius 2 is 2.20 bits per heavy atom. The average Bonchev–Trinajstić information content (AvgIpc) is 1.95. The summed E-state index contributed by atoms with van der Waals surface area (Å²) in [7, 11) is 0. The van der Waals surface area contributed by atoms with Crippen molar-refractivity contribution in [3.8, 4) is 0 Å². The molecule has 0 aliphatic heterocycles. The number of rotatable bonds is 1. The Morgan fingerprint density at radius 1 is 1.50 bits per heavy atom.